The van der Waals surface area contributed by atoms with Crippen molar-refractivity contribution in [3.05, 3.63) is 47.1 Å². The molecule has 3 heterocycles. The molecular weight excluding hydrogens is 436 g/mol. The Hall–Kier alpha value is -2.71. The van der Waals surface area contributed by atoms with Crippen molar-refractivity contribution in [2.45, 2.75) is 65.1 Å². The average molecular weight is 469 g/mol. The van der Waals surface area contributed by atoms with E-state index in [9.17, 15) is 9.59 Å². The molecule has 0 spiro atoms. The summed E-state index contributed by atoms with van der Waals surface area (Å²) in [7, 11) is 0. The lowest BCUT2D eigenvalue weighted by Crippen LogP contribution is -2.39. The minimum absolute atomic E-state index is 0.102. The molecule has 1 aromatic carbocycles. The van der Waals surface area contributed by atoms with Crippen LogP contribution in [0.15, 0.2) is 36.7 Å². The zero-order chi connectivity index (χ0) is 23.5. The number of hydrogen-bond donors (Lipinski definition) is 1. The maximum Gasteiger partial charge on any atom is 0.407 e. The SMILES string of the molecule is C=C1C[C@H](NC(=O)OC(C)C)c2cc(-c3ncc(CN4CCCCC4)s3)ccc2N1C(C)=O. The fourth-order valence-electron chi connectivity index (χ4n) is 4.54. The molecule has 1 fully saturated rings. The zero-order valence-corrected chi connectivity index (χ0v) is 20.4. The number of fused-ring (bicyclic) bond motifs is 1. The minimum Gasteiger partial charge on any atom is -0.447 e. The fraction of sp³-hybridized carbons (Fsp3) is 0.480. The zero-order valence-electron chi connectivity index (χ0n) is 19.6. The van der Waals surface area contributed by atoms with Crippen molar-refractivity contribution < 1.29 is 14.3 Å². The van der Waals surface area contributed by atoms with E-state index in [2.05, 4.69) is 21.8 Å². The number of likely N-dealkylation sites (tertiary alicyclic amines) is 1. The molecule has 2 aliphatic heterocycles. The van der Waals surface area contributed by atoms with E-state index in [4.69, 9.17) is 4.74 Å². The summed E-state index contributed by atoms with van der Waals surface area (Å²) in [5, 5.41) is 3.89. The molecule has 0 radical (unpaired) electrons. The molecule has 176 valence electrons. The van der Waals surface area contributed by atoms with Gasteiger partial charge in [0.15, 0.2) is 0 Å². The van der Waals surface area contributed by atoms with E-state index in [0.29, 0.717) is 12.1 Å². The number of rotatable bonds is 5. The summed E-state index contributed by atoms with van der Waals surface area (Å²) in [5.74, 6) is -0.102. The van der Waals surface area contributed by atoms with Gasteiger partial charge in [-0.05, 0) is 63.5 Å². The number of carbonyl (C=O) groups excluding carboxylic acids is 2. The Morgan fingerprint density at radius 3 is 2.73 bits per heavy atom. The van der Waals surface area contributed by atoms with Gasteiger partial charge in [0, 0.05) is 42.2 Å². The van der Waals surface area contributed by atoms with Crippen molar-refractivity contribution in [2.24, 2.45) is 0 Å². The van der Waals surface area contributed by atoms with Crippen molar-refractivity contribution in [3.63, 3.8) is 0 Å². The van der Waals surface area contributed by atoms with Crippen molar-refractivity contribution in [2.75, 3.05) is 18.0 Å². The third kappa shape index (κ3) is 5.45. The number of aromatic nitrogens is 1. The second-order valence-electron chi connectivity index (χ2n) is 9.02. The van der Waals surface area contributed by atoms with E-state index in [1.54, 1.807) is 16.2 Å². The van der Waals surface area contributed by atoms with Crippen LogP contribution in [0.3, 0.4) is 0 Å². The molecule has 1 saturated heterocycles. The van der Waals surface area contributed by atoms with Crippen molar-refractivity contribution in [1.29, 1.82) is 0 Å². The number of anilines is 1. The standard InChI is InChI=1S/C25H32N4O3S/c1-16(2)32-25(31)27-22-12-17(3)29(18(4)30)23-9-8-19(13-21(22)23)24-26-14-20(33-24)15-28-10-6-5-7-11-28/h8-9,13-14,16,22H,3,5-7,10-12,15H2,1-2,4H3,(H,27,31)/t22-/m0/s1. The van der Waals surface area contributed by atoms with E-state index in [1.165, 1.54) is 31.1 Å². The van der Waals surface area contributed by atoms with Crippen LogP contribution in [0, 0.1) is 0 Å². The van der Waals surface area contributed by atoms with Crippen LogP contribution in [0.2, 0.25) is 0 Å². The van der Waals surface area contributed by atoms with Crippen LogP contribution in [0.25, 0.3) is 10.6 Å². The van der Waals surface area contributed by atoms with Gasteiger partial charge in [-0.15, -0.1) is 11.3 Å². The molecule has 0 bridgehead atoms. The highest BCUT2D eigenvalue weighted by Gasteiger charge is 2.32. The molecule has 8 heteroatoms. The largest absolute Gasteiger partial charge is 0.447 e. The lowest BCUT2D eigenvalue weighted by atomic mass is 9.92. The van der Waals surface area contributed by atoms with Crippen LogP contribution in [-0.4, -0.2) is 41.1 Å². The molecule has 2 aliphatic rings. The average Bonchev–Trinajstić information content (AvgIpc) is 3.22. The first kappa shape index (κ1) is 23.4. The van der Waals surface area contributed by atoms with Gasteiger partial charge in [-0.3, -0.25) is 14.6 Å². The Labute approximate surface area is 199 Å². The maximum absolute atomic E-state index is 12.3. The fourth-order valence-corrected chi connectivity index (χ4v) is 5.49. The molecule has 4 rings (SSSR count). The molecule has 1 aromatic heterocycles. The maximum atomic E-state index is 12.3. The number of carbonyl (C=O) groups is 2. The highest BCUT2D eigenvalue weighted by molar-refractivity contribution is 7.15. The summed E-state index contributed by atoms with van der Waals surface area (Å²) in [6, 6.07) is 5.61. The van der Waals surface area contributed by atoms with Crippen LogP contribution >= 0.6 is 11.3 Å². The molecule has 2 amide bonds. The first-order chi connectivity index (χ1) is 15.8. The normalized spacial score (nSPS) is 18.8. The van der Waals surface area contributed by atoms with Gasteiger partial charge >= 0.3 is 6.09 Å². The number of nitrogens with one attached hydrogen (secondary N) is 1. The van der Waals surface area contributed by atoms with Gasteiger partial charge in [-0.25, -0.2) is 9.78 Å². The lowest BCUT2D eigenvalue weighted by Gasteiger charge is -2.36. The minimum atomic E-state index is -0.478. The van der Waals surface area contributed by atoms with Gasteiger partial charge in [0.25, 0.3) is 0 Å². The predicted octanol–water partition coefficient (Wildman–Crippen LogP) is 5.24. The van der Waals surface area contributed by atoms with E-state index in [-0.39, 0.29) is 18.1 Å². The Morgan fingerprint density at radius 1 is 1.27 bits per heavy atom. The Balaban J connectivity index is 1.61. The number of nitrogens with zero attached hydrogens (tertiary/aromatic N) is 3. The molecule has 0 aliphatic carbocycles. The van der Waals surface area contributed by atoms with Crippen LogP contribution < -0.4 is 10.2 Å². The molecule has 1 atom stereocenters. The van der Waals surface area contributed by atoms with E-state index in [1.807, 2.05) is 38.2 Å². The van der Waals surface area contributed by atoms with Crippen molar-refractivity contribution >= 4 is 29.0 Å². The molecule has 0 unspecified atom stereocenters. The van der Waals surface area contributed by atoms with Gasteiger partial charge in [-0.1, -0.05) is 13.0 Å². The molecule has 1 N–H and O–H groups in total. The van der Waals surface area contributed by atoms with Gasteiger partial charge in [0.1, 0.15) is 5.01 Å². The van der Waals surface area contributed by atoms with E-state index in [0.717, 1.165) is 41.5 Å². The van der Waals surface area contributed by atoms with Crippen molar-refractivity contribution in [1.82, 2.24) is 15.2 Å². The van der Waals surface area contributed by atoms with Gasteiger partial charge < -0.3 is 10.1 Å². The Bertz CT molecular complexity index is 1040. The van der Waals surface area contributed by atoms with Gasteiger partial charge in [0.05, 0.1) is 17.8 Å². The highest BCUT2D eigenvalue weighted by atomic mass is 32.1. The third-order valence-corrected chi connectivity index (χ3v) is 7.01. The van der Waals surface area contributed by atoms with Crippen molar-refractivity contribution in [3.8, 4) is 10.6 Å². The predicted molar refractivity (Wildman–Crippen MR) is 131 cm³/mol. The molecule has 0 saturated carbocycles. The number of piperidine rings is 1. The number of thiazole rings is 1. The summed E-state index contributed by atoms with van der Waals surface area (Å²) >= 11 is 1.70. The third-order valence-electron chi connectivity index (χ3n) is 5.98. The van der Waals surface area contributed by atoms with Crippen LogP contribution in [0.4, 0.5) is 10.5 Å². The van der Waals surface area contributed by atoms with Gasteiger partial charge in [-0.2, -0.15) is 0 Å². The van der Waals surface area contributed by atoms with Crippen LogP contribution in [0.5, 0.6) is 0 Å². The van der Waals surface area contributed by atoms with E-state index < -0.39 is 6.09 Å². The topological polar surface area (TPSA) is 74.8 Å². The summed E-state index contributed by atoms with van der Waals surface area (Å²) in [6.07, 6.45) is 5.56. The smallest absolute Gasteiger partial charge is 0.407 e. The molecule has 33 heavy (non-hydrogen) atoms. The summed E-state index contributed by atoms with van der Waals surface area (Å²) in [4.78, 5) is 34.7. The first-order valence-corrected chi connectivity index (χ1v) is 12.4. The molecule has 2 aromatic rings. The summed E-state index contributed by atoms with van der Waals surface area (Å²) in [6.45, 7) is 12.5. The van der Waals surface area contributed by atoms with Crippen LogP contribution in [0.1, 0.15) is 62.9 Å². The summed E-state index contributed by atoms with van der Waals surface area (Å²) in [5.41, 5.74) is 3.23. The monoisotopic (exact) mass is 468 g/mol. The molecule has 7 nitrogen and oxygen atoms in total. The second kappa shape index (κ2) is 10.1. The summed E-state index contributed by atoms with van der Waals surface area (Å²) < 4.78 is 5.29. The number of amides is 2. The number of benzene rings is 1. The number of alkyl carbamates (subject to hydrolysis) is 1. The highest BCUT2D eigenvalue weighted by Crippen LogP contribution is 2.41. The quantitative estimate of drug-likeness (QED) is 0.649. The Kier molecular flexibility index (Phi) is 7.14. The number of ether oxygens (including phenoxy) is 1. The lowest BCUT2D eigenvalue weighted by molar-refractivity contribution is -0.116. The first-order valence-electron chi connectivity index (χ1n) is 11.6. The molecular formula is C25H32N4O3S. The van der Waals surface area contributed by atoms with Crippen LogP contribution in [-0.2, 0) is 16.1 Å². The van der Waals surface area contributed by atoms with Gasteiger partial charge in [0.2, 0.25) is 5.91 Å². The second-order valence-corrected chi connectivity index (χ2v) is 10.1. The Morgan fingerprint density at radius 2 is 2.03 bits per heavy atom. The number of hydrogen-bond acceptors (Lipinski definition) is 6. The van der Waals surface area contributed by atoms with E-state index >= 15 is 0 Å².